The topological polar surface area (TPSA) is 99.5 Å². The highest BCUT2D eigenvalue weighted by Gasteiger charge is 2.28. The molecule has 4 aromatic heterocycles. The number of carbonyl (C=O) groups excluding carboxylic acids is 1. The number of likely N-dealkylation sites (tertiary alicyclic amines) is 1. The van der Waals surface area contributed by atoms with Crippen molar-refractivity contribution in [2.75, 3.05) is 19.7 Å². The summed E-state index contributed by atoms with van der Waals surface area (Å²) in [6.45, 7) is 10.2. The number of rotatable bonds is 7. The summed E-state index contributed by atoms with van der Waals surface area (Å²) in [5.74, 6) is -0.0903. The van der Waals surface area contributed by atoms with E-state index in [1.54, 1.807) is 43.8 Å². The Kier molecular flexibility index (Phi) is 6.71. The number of aromatic nitrogens is 6. The van der Waals surface area contributed by atoms with E-state index in [1.165, 1.54) is 12.3 Å². The molecule has 1 saturated heterocycles. The summed E-state index contributed by atoms with van der Waals surface area (Å²) in [7, 11) is -1.28. The first-order valence-corrected chi connectivity index (χ1v) is 16.3. The number of hydrogen-bond donors (Lipinski definition) is 0. The van der Waals surface area contributed by atoms with Gasteiger partial charge in [0.2, 0.25) is 5.91 Å². The van der Waals surface area contributed by atoms with E-state index in [2.05, 4.69) is 29.6 Å². The number of carbonyl (C=O) groups is 1. The van der Waals surface area contributed by atoms with Crippen LogP contribution in [0.2, 0.25) is 25.7 Å². The first kappa shape index (κ1) is 25.3. The van der Waals surface area contributed by atoms with Crippen molar-refractivity contribution in [2.45, 2.75) is 58.2 Å². The van der Waals surface area contributed by atoms with Gasteiger partial charge in [0, 0.05) is 40.9 Å². The lowest BCUT2D eigenvalue weighted by Crippen LogP contribution is -2.42. The van der Waals surface area contributed by atoms with Gasteiger partial charge < -0.3 is 9.64 Å². The molecular weight excluding hydrogens is 493 g/mol. The van der Waals surface area contributed by atoms with E-state index >= 15 is 0 Å². The van der Waals surface area contributed by atoms with Crippen molar-refractivity contribution in [1.82, 2.24) is 33.4 Å². The third-order valence-electron chi connectivity index (χ3n) is 6.83. The number of piperidine rings is 1. The maximum Gasteiger partial charge on any atom is 0.332 e. The number of halogens is 1. The summed E-state index contributed by atoms with van der Waals surface area (Å²) in [5, 5.41) is 0. The van der Waals surface area contributed by atoms with Gasteiger partial charge in [-0.05, 0) is 31.0 Å². The van der Waals surface area contributed by atoms with Gasteiger partial charge in [0.25, 0.3) is 0 Å². The van der Waals surface area contributed by atoms with Gasteiger partial charge in [-0.15, -0.1) is 0 Å². The summed E-state index contributed by atoms with van der Waals surface area (Å²) >= 11 is 0. The highest BCUT2D eigenvalue weighted by molar-refractivity contribution is 6.76. The van der Waals surface area contributed by atoms with E-state index in [1.807, 2.05) is 0 Å². The number of nitrogens with zero attached hydrogens (tertiary/aromatic N) is 7. The molecule has 0 saturated carbocycles. The van der Waals surface area contributed by atoms with E-state index in [9.17, 15) is 14.0 Å². The van der Waals surface area contributed by atoms with Crippen molar-refractivity contribution in [1.29, 1.82) is 0 Å². The molecule has 196 valence electrons. The second-order valence-corrected chi connectivity index (χ2v) is 16.4. The summed E-state index contributed by atoms with van der Waals surface area (Å²) in [6.07, 6.45) is 6.08. The van der Waals surface area contributed by atoms with Crippen LogP contribution in [0.25, 0.3) is 28.3 Å². The van der Waals surface area contributed by atoms with E-state index in [-0.39, 0.29) is 24.4 Å². The average molecular weight is 526 g/mol. The third kappa shape index (κ3) is 5.08. The molecule has 1 unspecified atom stereocenters. The number of amides is 1. The molecule has 0 spiro atoms. The molecule has 12 heteroatoms. The van der Waals surface area contributed by atoms with Gasteiger partial charge in [0.15, 0.2) is 11.5 Å². The van der Waals surface area contributed by atoms with Gasteiger partial charge in [-0.3, -0.25) is 18.3 Å². The number of imidazole rings is 2. The monoisotopic (exact) mass is 525 g/mol. The van der Waals surface area contributed by atoms with E-state index in [4.69, 9.17) is 9.72 Å². The Morgan fingerprint density at radius 3 is 2.78 bits per heavy atom. The molecule has 0 radical (unpaired) electrons. The van der Waals surface area contributed by atoms with E-state index in [0.29, 0.717) is 48.0 Å². The van der Waals surface area contributed by atoms with Crippen molar-refractivity contribution in [3.8, 4) is 11.5 Å². The molecule has 5 heterocycles. The first-order valence-electron chi connectivity index (χ1n) is 12.6. The first-order chi connectivity index (χ1) is 17.6. The summed E-state index contributed by atoms with van der Waals surface area (Å²) in [5.41, 5.74) is 1.86. The Morgan fingerprint density at radius 2 is 2.03 bits per heavy atom. The molecule has 1 aliphatic heterocycles. The highest BCUT2D eigenvalue weighted by Crippen LogP contribution is 2.26. The summed E-state index contributed by atoms with van der Waals surface area (Å²) < 4.78 is 24.7. The predicted molar refractivity (Wildman–Crippen MR) is 141 cm³/mol. The molecule has 10 nitrogen and oxygen atoms in total. The summed E-state index contributed by atoms with van der Waals surface area (Å²) in [4.78, 5) is 41.2. The molecular formula is C25H32FN7O3Si. The zero-order valence-electron chi connectivity index (χ0n) is 21.6. The lowest BCUT2D eigenvalue weighted by Gasteiger charge is -2.32. The van der Waals surface area contributed by atoms with Crippen molar-refractivity contribution in [3.05, 3.63) is 47.0 Å². The van der Waals surface area contributed by atoms with Gasteiger partial charge in [0.1, 0.15) is 29.4 Å². The fourth-order valence-corrected chi connectivity index (χ4v) is 5.50. The van der Waals surface area contributed by atoms with Crippen LogP contribution in [0.5, 0.6) is 0 Å². The second-order valence-electron chi connectivity index (χ2n) is 10.8. The van der Waals surface area contributed by atoms with Crippen LogP contribution in [-0.2, 0) is 16.3 Å². The molecule has 1 amide bonds. The predicted octanol–water partition coefficient (Wildman–Crippen LogP) is 3.54. The van der Waals surface area contributed by atoms with E-state index < -0.39 is 13.9 Å². The van der Waals surface area contributed by atoms with Crippen LogP contribution >= 0.6 is 0 Å². The molecule has 1 fully saturated rings. The van der Waals surface area contributed by atoms with Crippen LogP contribution in [0.1, 0.15) is 25.8 Å². The lowest BCUT2D eigenvalue weighted by molar-refractivity contribution is -0.130. The summed E-state index contributed by atoms with van der Waals surface area (Å²) in [6, 6.07) is 3.69. The molecule has 0 aromatic carbocycles. The SMILES string of the molecule is CC(=O)N1CCCC(n2c(=O)n(COCC[Si](C)(C)C)c3cnc(-c4cnc5ccc(F)cn45)nc32)C1. The molecule has 0 aliphatic carbocycles. The van der Waals surface area contributed by atoms with Gasteiger partial charge in [-0.2, -0.15) is 0 Å². The second kappa shape index (κ2) is 9.82. The number of fused-ring (bicyclic) bond motifs is 2. The van der Waals surface area contributed by atoms with Crippen molar-refractivity contribution >= 4 is 30.8 Å². The minimum Gasteiger partial charge on any atom is -0.361 e. The van der Waals surface area contributed by atoms with Gasteiger partial charge in [-0.25, -0.2) is 24.1 Å². The lowest BCUT2D eigenvalue weighted by atomic mass is 10.1. The standard InChI is InChI=1S/C25H32FN7O3Si/c1-17(34)30-9-5-6-19(15-30)33-24-21(32(25(33)35)16-36-10-11-37(2,3)4)13-28-23(29-24)20-12-27-22-8-7-18(26)14-31(20)22/h7-8,12-14,19H,5-6,9-11,15-16H2,1-4H3. The van der Waals surface area contributed by atoms with Gasteiger partial charge in [0.05, 0.1) is 18.4 Å². The molecule has 1 atom stereocenters. The van der Waals surface area contributed by atoms with Crippen LogP contribution in [0.4, 0.5) is 4.39 Å². The van der Waals surface area contributed by atoms with Crippen LogP contribution in [0.15, 0.2) is 35.5 Å². The van der Waals surface area contributed by atoms with Crippen molar-refractivity contribution in [2.24, 2.45) is 0 Å². The van der Waals surface area contributed by atoms with Crippen LogP contribution < -0.4 is 5.69 Å². The number of pyridine rings is 1. The normalized spacial score (nSPS) is 16.7. The molecule has 0 N–H and O–H groups in total. The Morgan fingerprint density at radius 1 is 1.22 bits per heavy atom. The van der Waals surface area contributed by atoms with E-state index in [0.717, 1.165) is 18.9 Å². The minimum atomic E-state index is -1.28. The van der Waals surface area contributed by atoms with Crippen molar-refractivity contribution in [3.63, 3.8) is 0 Å². The molecule has 1 aliphatic rings. The van der Waals surface area contributed by atoms with Gasteiger partial charge in [-0.1, -0.05) is 19.6 Å². The zero-order chi connectivity index (χ0) is 26.3. The van der Waals surface area contributed by atoms with Crippen molar-refractivity contribution < 1.29 is 13.9 Å². The Balaban J connectivity index is 1.59. The maximum atomic E-state index is 14.0. The van der Waals surface area contributed by atoms with Crippen LogP contribution in [0, 0.1) is 5.82 Å². The molecule has 0 bridgehead atoms. The maximum absolute atomic E-state index is 14.0. The fourth-order valence-electron chi connectivity index (χ4n) is 4.74. The molecule has 5 rings (SSSR count). The molecule has 37 heavy (non-hydrogen) atoms. The smallest absolute Gasteiger partial charge is 0.332 e. The average Bonchev–Trinajstić information content (AvgIpc) is 3.38. The Labute approximate surface area is 214 Å². The number of ether oxygens (including phenoxy) is 1. The quantitative estimate of drug-likeness (QED) is 0.270. The highest BCUT2D eigenvalue weighted by atomic mass is 28.3. The minimum absolute atomic E-state index is 0.0146. The Hall–Kier alpha value is -3.38. The number of hydrogen-bond acceptors (Lipinski definition) is 6. The zero-order valence-corrected chi connectivity index (χ0v) is 22.6. The van der Waals surface area contributed by atoms with Gasteiger partial charge >= 0.3 is 5.69 Å². The molecule has 4 aromatic rings. The largest absolute Gasteiger partial charge is 0.361 e. The third-order valence-corrected chi connectivity index (χ3v) is 8.53. The van der Waals surface area contributed by atoms with Crippen LogP contribution in [-0.4, -0.2) is 67.1 Å². The fraction of sp³-hybridized carbons (Fsp3) is 0.480. The van der Waals surface area contributed by atoms with Crippen LogP contribution in [0.3, 0.4) is 0 Å². The Bertz CT molecular complexity index is 1520.